The Bertz CT molecular complexity index is 1350. The molecule has 0 saturated heterocycles. The summed E-state index contributed by atoms with van der Waals surface area (Å²) in [7, 11) is -5.95. The third kappa shape index (κ3) is 16.0. The van der Waals surface area contributed by atoms with Crippen molar-refractivity contribution in [3.8, 4) is 11.5 Å². The van der Waals surface area contributed by atoms with E-state index in [9.17, 15) is 14.7 Å². The predicted octanol–water partition coefficient (Wildman–Crippen LogP) is 12.8. The molecule has 4 aromatic rings. The van der Waals surface area contributed by atoms with Gasteiger partial charge in [-0.1, -0.05) is 82.3 Å². The van der Waals surface area contributed by atoms with Crippen LogP contribution >= 0.6 is 16.5 Å². The zero-order chi connectivity index (χ0) is 37.5. The molecule has 0 radical (unpaired) electrons. The van der Waals surface area contributed by atoms with Gasteiger partial charge in [0.05, 0.1) is 6.61 Å². The molecule has 0 fully saturated rings. The predicted molar refractivity (Wildman–Crippen MR) is 221 cm³/mol. The average Bonchev–Trinajstić information content (AvgIpc) is 3.13. The second-order valence-corrected chi connectivity index (χ2v) is 17.6. The van der Waals surface area contributed by atoms with E-state index in [-0.39, 0.29) is 0 Å². The number of para-hydroxylation sites is 2. The molecule has 0 unspecified atom stereocenters. The van der Waals surface area contributed by atoms with E-state index in [1.54, 1.807) is 0 Å². The van der Waals surface area contributed by atoms with E-state index in [4.69, 9.17) is 13.6 Å². The minimum atomic E-state index is -4.50. The molecule has 8 heteroatoms. The number of rotatable bonds is 23. The minimum Gasteiger partial charge on any atom is -0.418 e. The molecule has 0 saturated carbocycles. The molecule has 0 heterocycles. The molecule has 3 N–H and O–H groups in total. The van der Waals surface area contributed by atoms with Crippen molar-refractivity contribution in [3.63, 3.8) is 0 Å². The monoisotopic (exact) mass is 750 g/mol. The van der Waals surface area contributed by atoms with E-state index in [2.05, 4.69) is 27.7 Å². The Morgan fingerprint density at radius 1 is 0.500 bits per heavy atom. The van der Waals surface area contributed by atoms with E-state index in [0.717, 1.165) is 60.1 Å². The summed E-state index contributed by atoms with van der Waals surface area (Å²) in [6, 6.07) is 38.3. The molecule has 0 amide bonds. The number of hydrogen-bond acceptors (Lipinski definition) is 6. The maximum Gasteiger partial charge on any atom is 0.463 e. The smallest absolute Gasteiger partial charge is 0.418 e. The van der Waals surface area contributed by atoms with Crippen LogP contribution in [0.25, 0.3) is 0 Å². The Kier molecular flexibility index (Phi) is 20.5. The normalized spacial score (nSPS) is 12.1. The summed E-state index contributed by atoms with van der Waals surface area (Å²) >= 11 is 0. The summed E-state index contributed by atoms with van der Waals surface area (Å²) in [4.78, 5) is 31.7. The first-order valence-corrected chi connectivity index (χ1v) is 22.2. The van der Waals surface area contributed by atoms with E-state index < -0.39 is 21.7 Å². The van der Waals surface area contributed by atoms with Crippen LogP contribution in [0.1, 0.15) is 116 Å². The summed E-state index contributed by atoms with van der Waals surface area (Å²) in [5.41, 5.74) is 1.54. The largest absolute Gasteiger partial charge is 0.463 e. The van der Waals surface area contributed by atoms with Crippen molar-refractivity contribution in [2.24, 2.45) is 11.8 Å². The van der Waals surface area contributed by atoms with Gasteiger partial charge in [-0.25, -0.2) is 0 Å². The second kappa shape index (κ2) is 24.5. The van der Waals surface area contributed by atoms with Crippen LogP contribution in [-0.2, 0) is 9.68 Å². The SMILES string of the molecule is CC(C)CCCCCCC(c1ccccc1)(c1ccccc1)[PH](O)(O)O.CC(C)CCCCCCCOP(Oc1ccccc1)Oc1ccccc1. The Balaban J connectivity index is 0.000000280. The minimum absolute atomic E-state index is 0.526. The van der Waals surface area contributed by atoms with Gasteiger partial charge in [0.25, 0.3) is 0 Å². The van der Waals surface area contributed by atoms with Gasteiger partial charge in [-0.15, -0.1) is 0 Å². The van der Waals surface area contributed by atoms with Gasteiger partial charge in [0.15, 0.2) is 0 Å². The molecule has 6 nitrogen and oxygen atoms in total. The topological polar surface area (TPSA) is 88.4 Å². The summed E-state index contributed by atoms with van der Waals surface area (Å²) in [6.07, 6.45) is 13.4. The fourth-order valence-corrected chi connectivity index (χ4v) is 8.91. The quantitative estimate of drug-likeness (QED) is 0.0517. The first-order chi connectivity index (χ1) is 25.1. The zero-order valence-electron chi connectivity index (χ0n) is 31.9. The summed E-state index contributed by atoms with van der Waals surface area (Å²) in [5, 5.41) is -1.13. The molecule has 4 aromatic carbocycles. The van der Waals surface area contributed by atoms with Crippen molar-refractivity contribution < 1.29 is 28.3 Å². The molecule has 52 heavy (non-hydrogen) atoms. The van der Waals surface area contributed by atoms with Crippen molar-refractivity contribution in [2.45, 2.75) is 110 Å². The summed E-state index contributed by atoms with van der Waals surface area (Å²) < 4.78 is 17.7. The van der Waals surface area contributed by atoms with Crippen molar-refractivity contribution >= 4 is 16.5 Å². The van der Waals surface area contributed by atoms with Gasteiger partial charge in [0.1, 0.15) is 11.5 Å². The molecule has 0 atom stereocenters. The molecule has 0 aliphatic carbocycles. The van der Waals surface area contributed by atoms with Crippen molar-refractivity contribution in [2.75, 3.05) is 6.61 Å². The van der Waals surface area contributed by atoms with Crippen LogP contribution in [0.5, 0.6) is 11.5 Å². The third-order valence-corrected chi connectivity index (χ3v) is 12.2. The summed E-state index contributed by atoms with van der Waals surface area (Å²) in [6.45, 7) is 9.71. The van der Waals surface area contributed by atoms with Gasteiger partial charge in [0, 0.05) is 0 Å². The Labute approximate surface area is 316 Å². The Morgan fingerprint density at radius 2 is 0.865 bits per heavy atom. The van der Waals surface area contributed by atoms with Crippen LogP contribution in [-0.4, -0.2) is 21.3 Å². The molecule has 0 bridgehead atoms. The van der Waals surface area contributed by atoms with Crippen LogP contribution in [0, 0.1) is 11.8 Å². The zero-order valence-corrected chi connectivity index (χ0v) is 33.8. The fourth-order valence-electron chi connectivity index (χ4n) is 6.28. The molecule has 286 valence electrons. The number of benzene rings is 4. The maximum atomic E-state index is 10.6. The molecule has 4 rings (SSSR count). The maximum absolute atomic E-state index is 10.6. The van der Waals surface area contributed by atoms with Crippen molar-refractivity contribution in [3.05, 3.63) is 132 Å². The van der Waals surface area contributed by atoms with E-state index in [0.29, 0.717) is 13.0 Å². The average molecular weight is 751 g/mol. The van der Waals surface area contributed by atoms with Crippen LogP contribution in [0.4, 0.5) is 0 Å². The van der Waals surface area contributed by atoms with E-state index in [1.807, 2.05) is 121 Å². The van der Waals surface area contributed by atoms with Crippen LogP contribution in [0.3, 0.4) is 0 Å². The van der Waals surface area contributed by atoms with Gasteiger partial charge in [-0.3, -0.25) is 4.52 Å². The fraction of sp³-hybridized carbons (Fsp3) is 0.455. The third-order valence-electron chi connectivity index (χ3n) is 9.16. The van der Waals surface area contributed by atoms with Gasteiger partial charge < -0.3 is 9.05 Å². The Hall–Kier alpha value is -2.82. The standard InChI is InChI=1S/C22H33O3P.C22H31O3P/c1-19(2)13-7-3-4-12-18-22(26(23,24)25,20-14-8-5-9-15-20)21-16-10-6-11-17-21;1-20(2)14-8-4-3-5-13-19-23-26(24-21-15-9-6-10-16-21)25-22-17-11-7-12-18-22/h5-6,8-11,14-17,19,23-26H,3-4,7,12-13,18H2,1-2H3;6-7,9-12,15-18,20H,3-5,8,13-14,19H2,1-2H3. The van der Waals surface area contributed by atoms with E-state index >= 15 is 0 Å². The molecule has 0 aliphatic rings. The molecule has 0 spiro atoms. The first kappa shape index (κ1) is 43.6. The Morgan fingerprint density at radius 3 is 1.27 bits per heavy atom. The molecular weight excluding hydrogens is 686 g/mol. The van der Waals surface area contributed by atoms with Crippen LogP contribution in [0.2, 0.25) is 0 Å². The van der Waals surface area contributed by atoms with Gasteiger partial charge >= 0.3 is 166 Å². The first-order valence-electron chi connectivity index (χ1n) is 19.3. The number of unbranched alkanes of at least 4 members (excludes halogenated alkanes) is 7. The van der Waals surface area contributed by atoms with Crippen molar-refractivity contribution in [1.29, 1.82) is 0 Å². The van der Waals surface area contributed by atoms with Crippen LogP contribution in [0.15, 0.2) is 121 Å². The van der Waals surface area contributed by atoms with Gasteiger partial charge in [-0.05, 0) is 36.6 Å². The molecule has 0 aliphatic heterocycles. The molecule has 0 aromatic heterocycles. The second-order valence-electron chi connectivity index (χ2n) is 14.4. The number of hydrogen-bond donors (Lipinski definition) is 3. The van der Waals surface area contributed by atoms with Crippen LogP contribution < -0.4 is 9.05 Å². The molecular formula is C44H64O6P2. The van der Waals surface area contributed by atoms with Crippen molar-refractivity contribution in [1.82, 2.24) is 0 Å². The van der Waals surface area contributed by atoms with Gasteiger partial charge in [-0.2, -0.15) is 0 Å². The van der Waals surface area contributed by atoms with E-state index in [1.165, 1.54) is 44.9 Å². The van der Waals surface area contributed by atoms with Gasteiger partial charge in [0.2, 0.25) is 0 Å². The summed E-state index contributed by atoms with van der Waals surface area (Å²) in [5.74, 6) is 3.06.